The Morgan fingerprint density at radius 2 is 0.929 bits per heavy atom. The Bertz CT molecular complexity index is 2240. The van der Waals surface area contributed by atoms with Gasteiger partial charge in [-0.15, -0.1) is 0 Å². The third-order valence-electron chi connectivity index (χ3n) is 8.14. The van der Waals surface area contributed by atoms with Gasteiger partial charge in [0.25, 0.3) is 0 Å². The van der Waals surface area contributed by atoms with Crippen LogP contribution < -0.4 is 0 Å². The maximum atomic E-state index is 4.82. The predicted molar refractivity (Wildman–Crippen MR) is 176 cm³/mol. The molecule has 2 heterocycles. The molecule has 0 unspecified atom stereocenters. The maximum Gasteiger partial charge on any atom is 0.0714 e. The fourth-order valence-electron chi connectivity index (χ4n) is 6.09. The summed E-state index contributed by atoms with van der Waals surface area (Å²) in [6, 6.07) is 51.7. The second-order valence-corrected chi connectivity index (χ2v) is 10.7. The quantitative estimate of drug-likeness (QED) is 0.210. The minimum Gasteiger partial charge on any atom is -0.256 e. The Balaban J connectivity index is 1.28. The lowest BCUT2D eigenvalue weighted by molar-refractivity contribution is 1.33. The number of rotatable bonds is 4. The summed E-state index contributed by atoms with van der Waals surface area (Å²) in [5.74, 6) is 0. The summed E-state index contributed by atoms with van der Waals surface area (Å²) < 4.78 is 0. The van der Waals surface area contributed by atoms with Crippen molar-refractivity contribution >= 4 is 32.3 Å². The lowest BCUT2D eigenvalue weighted by Crippen LogP contribution is -1.90. The van der Waals surface area contributed by atoms with Gasteiger partial charge in [-0.05, 0) is 91.0 Å². The molecule has 42 heavy (non-hydrogen) atoms. The average Bonchev–Trinajstić information content (AvgIpc) is 3.08. The van der Waals surface area contributed by atoms with Gasteiger partial charge in [-0.2, -0.15) is 0 Å². The molecule has 0 radical (unpaired) electrons. The molecule has 0 aliphatic rings. The summed E-state index contributed by atoms with van der Waals surface area (Å²) in [5.41, 5.74) is 8.94. The highest BCUT2D eigenvalue weighted by Gasteiger charge is 2.13. The molecule has 0 amide bonds. The summed E-state index contributed by atoms with van der Waals surface area (Å²) in [6.45, 7) is 0. The van der Waals surface area contributed by atoms with E-state index in [1.807, 2.05) is 24.5 Å². The van der Waals surface area contributed by atoms with Crippen LogP contribution in [-0.2, 0) is 0 Å². The average molecular weight is 535 g/mol. The molecule has 8 aromatic rings. The lowest BCUT2D eigenvalue weighted by atomic mass is 9.91. The van der Waals surface area contributed by atoms with E-state index in [1.165, 1.54) is 54.6 Å². The molecule has 2 heteroatoms. The summed E-state index contributed by atoms with van der Waals surface area (Å²) in [4.78, 5) is 9.54. The van der Waals surface area contributed by atoms with E-state index >= 15 is 0 Å². The minimum absolute atomic E-state index is 0.975. The highest BCUT2D eigenvalue weighted by Crippen LogP contribution is 2.39. The molecule has 0 bridgehead atoms. The van der Waals surface area contributed by atoms with Crippen molar-refractivity contribution < 1.29 is 0 Å². The number of benzene rings is 6. The van der Waals surface area contributed by atoms with Crippen molar-refractivity contribution in [2.45, 2.75) is 0 Å². The molecule has 196 valence electrons. The van der Waals surface area contributed by atoms with Crippen LogP contribution in [0, 0.1) is 0 Å². The molecule has 2 nitrogen and oxygen atoms in total. The monoisotopic (exact) mass is 534 g/mol. The van der Waals surface area contributed by atoms with Crippen LogP contribution in [0.25, 0.3) is 77.1 Å². The standard InChI is InChI=1S/C40H26N2/c1-3-9-27(10-4-1)29-19-21-41-38(25-29)32-17-18-34-31(23-32)15-16-33-24-37(35-13-7-8-14-36(35)40(33)34)39-26-30(20-22-42-39)28-11-5-2-6-12-28/h1-26H. The molecule has 0 fully saturated rings. The largest absolute Gasteiger partial charge is 0.256 e. The first-order valence-electron chi connectivity index (χ1n) is 14.2. The van der Waals surface area contributed by atoms with Crippen molar-refractivity contribution in [1.82, 2.24) is 9.97 Å². The third-order valence-corrected chi connectivity index (χ3v) is 8.14. The Kier molecular flexibility index (Phi) is 5.82. The molecular formula is C40H26N2. The molecule has 0 atom stereocenters. The van der Waals surface area contributed by atoms with Gasteiger partial charge >= 0.3 is 0 Å². The van der Waals surface area contributed by atoms with Gasteiger partial charge in [-0.3, -0.25) is 9.97 Å². The summed E-state index contributed by atoms with van der Waals surface area (Å²) >= 11 is 0. The second kappa shape index (κ2) is 10.1. The summed E-state index contributed by atoms with van der Waals surface area (Å²) in [6.07, 6.45) is 3.82. The molecule has 0 saturated heterocycles. The van der Waals surface area contributed by atoms with Crippen LogP contribution in [0.5, 0.6) is 0 Å². The molecule has 8 rings (SSSR count). The second-order valence-electron chi connectivity index (χ2n) is 10.7. The zero-order valence-electron chi connectivity index (χ0n) is 22.9. The lowest BCUT2D eigenvalue weighted by Gasteiger charge is -2.14. The van der Waals surface area contributed by atoms with Crippen LogP contribution in [0.15, 0.2) is 158 Å². The minimum atomic E-state index is 0.975. The van der Waals surface area contributed by atoms with E-state index in [0.717, 1.165) is 22.5 Å². The van der Waals surface area contributed by atoms with E-state index in [4.69, 9.17) is 9.97 Å². The SMILES string of the molecule is c1ccc(-c2ccnc(-c3ccc4c(ccc5cc(-c6cc(-c7ccccc7)ccn6)c6ccccc6c54)c3)c2)cc1. The molecular weight excluding hydrogens is 508 g/mol. The molecule has 0 aliphatic carbocycles. The van der Waals surface area contributed by atoms with Crippen molar-refractivity contribution in [1.29, 1.82) is 0 Å². The highest BCUT2D eigenvalue weighted by atomic mass is 14.7. The van der Waals surface area contributed by atoms with Crippen molar-refractivity contribution in [3.8, 4) is 44.8 Å². The fraction of sp³-hybridized carbons (Fsp3) is 0. The van der Waals surface area contributed by atoms with Crippen molar-refractivity contribution in [3.63, 3.8) is 0 Å². The summed E-state index contributed by atoms with van der Waals surface area (Å²) in [5, 5.41) is 7.36. The van der Waals surface area contributed by atoms with Crippen molar-refractivity contribution in [3.05, 3.63) is 158 Å². The van der Waals surface area contributed by atoms with Crippen molar-refractivity contribution in [2.75, 3.05) is 0 Å². The molecule has 6 aromatic carbocycles. The van der Waals surface area contributed by atoms with Crippen LogP contribution >= 0.6 is 0 Å². The number of pyridine rings is 2. The van der Waals surface area contributed by atoms with Crippen molar-refractivity contribution in [2.24, 2.45) is 0 Å². The van der Waals surface area contributed by atoms with Gasteiger partial charge in [0.1, 0.15) is 0 Å². The normalized spacial score (nSPS) is 11.3. The van der Waals surface area contributed by atoms with Gasteiger partial charge < -0.3 is 0 Å². The first-order chi connectivity index (χ1) is 20.8. The van der Waals surface area contributed by atoms with Gasteiger partial charge in [0, 0.05) is 23.5 Å². The van der Waals surface area contributed by atoms with Gasteiger partial charge in [0.05, 0.1) is 11.4 Å². The molecule has 0 saturated carbocycles. The molecule has 0 spiro atoms. The molecule has 0 N–H and O–H groups in total. The summed E-state index contributed by atoms with van der Waals surface area (Å²) in [7, 11) is 0. The smallest absolute Gasteiger partial charge is 0.0714 e. The molecule has 2 aromatic heterocycles. The van der Waals surface area contributed by atoms with Gasteiger partial charge in [0.2, 0.25) is 0 Å². The Hall–Kier alpha value is -5.60. The predicted octanol–water partition coefficient (Wildman–Crippen LogP) is 10.6. The highest BCUT2D eigenvalue weighted by molar-refractivity contribution is 6.23. The van der Waals surface area contributed by atoms with Gasteiger partial charge in [-0.25, -0.2) is 0 Å². The third kappa shape index (κ3) is 4.22. The van der Waals surface area contributed by atoms with Crippen LogP contribution in [0.3, 0.4) is 0 Å². The van der Waals surface area contributed by atoms with E-state index < -0.39 is 0 Å². The Labute approximate surface area is 244 Å². The van der Waals surface area contributed by atoms with Crippen LogP contribution in [0.1, 0.15) is 0 Å². The Morgan fingerprint density at radius 1 is 0.333 bits per heavy atom. The van der Waals surface area contributed by atoms with E-state index in [1.54, 1.807) is 0 Å². The number of fused-ring (bicyclic) bond motifs is 5. The fourth-order valence-corrected chi connectivity index (χ4v) is 6.09. The first-order valence-corrected chi connectivity index (χ1v) is 14.2. The number of hydrogen-bond acceptors (Lipinski definition) is 2. The molecule has 0 aliphatic heterocycles. The first kappa shape index (κ1) is 24.2. The van der Waals surface area contributed by atoms with E-state index in [9.17, 15) is 0 Å². The number of aromatic nitrogens is 2. The van der Waals surface area contributed by atoms with Gasteiger partial charge in [-0.1, -0.05) is 109 Å². The maximum absolute atomic E-state index is 4.82. The van der Waals surface area contributed by atoms with Crippen LogP contribution in [0.4, 0.5) is 0 Å². The van der Waals surface area contributed by atoms with E-state index in [0.29, 0.717) is 0 Å². The van der Waals surface area contributed by atoms with Crippen LogP contribution in [0.2, 0.25) is 0 Å². The number of nitrogens with zero attached hydrogens (tertiary/aromatic N) is 2. The topological polar surface area (TPSA) is 25.8 Å². The Morgan fingerprint density at radius 3 is 1.64 bits per heavy atom. The van der Waals surface area contributed by atoms with Gasteiger partial charge in [0.15, 0.2) is 0 Å². The zero-order chi connectivity index (χ0) is 27.9. The van der Waals surface area contributed by atoms with E-state index in [2.05, 4.69) is 133 Å². The van der Waals surface area contributed by atoms with Crippen LogP contribution in [-0.4, -0.2) is 9.97 Å². The van der Waals surface area contributed by atoms with E-state index in [-0.39, 0.29) is 0 Å². The zero-order valence-corrected chi connectivity index (χ0v) is 22.9. The number of hydrogen-bond donors (Lipinski definition) is 0.